The topological polar surface area (TPSA) is 63.4 Å². The van der Waals surface area contributed by atoms with Crippen molar-refractivity contribution in [1.82, 2.24) is 4.98 Å². The molecule has 0 aliphatic rings. The van der Waals surface area contributed by atoms with Crippen molar-refractivity contribution in [2.75, 3.05) is 26.1 Å². The fraction of sp³-hybridized carbons (Fsp3) is 0.320. The third-order valence-corrected chi connectivity index (χ3v) is 4.82. The molecule has 2 rings (SSSR count). The summed E-state index contributed by atoms with van der Waals surface area (Å²) in [5.74, 6) is 1.48. The molecular formula is C25H32N2O3. The van der Waals surface area contributed by atoms with Crippen LogP contribution in [0.25, 0.3) is 10.8 Å². The molecule has 30 heavy (non-hydrogen) atoms. The lowest BCUT2D eigenvalue weighted by atomic mass is 9.97. The summed E-state index contributed by atoms with van der Waals surface area (Å²) in [4.78, 5) is 15.5. The minimum absolute atomic E-state index is 0.0973. The molecule has 0 amide bonds. The normalized spacial score (nSPS) is 11.9. The van der Waals surface area contributed by atoms with Gasteiger partial charge in [0.25, 0.3) is 5.56 Å². The van der Waals surface area contributed by atoms with Crippen LogP contribution in [0.1, 0.15) is 33.3 Å². The summed E-state index contributed by atoms with van der Waals surface area (Å²) >= 11 is 0. The highest BCUT2D eigenvalue weighted by Gasteiger charge is 2.13. The summed E-state index contributed by atoms with van der Waals surface area (Å²) in [6.07, 6.45) is 7.92. The molecule has 1 aromatic carbocycles. The van der Waals surface area contributed by atoms with E-state index in [1.54, 1.807) is 19.4 Å². The van der Waals surface area contributed by atoms with Crippen molar-refractivity contribution in [3.63, 3.8) is 0 Å². The molecule has 5 nitrogen and oxygen atoms in total. The van der Waals surface area contributed by atoms with E-state index in [0.717, 1.165) is 38.9 Å². The highest BCUT2D eigenvalue weighted by molar-refractivity contribution is 5.90. The molecule has 0 spiro atoms. The highest BCUT2D eigenvalue weighted by atomic mass is 16.5. The van der Waals surface area contributed by atoms with Gasteiger partial charge in [0.05, 0.1) is 19.4 Å². The van der Waals surface area contributed by atoms with E-state index >= 15 is 0 Å². The van der Waals surface area contributed by atoms with Gasteiger partial charge >= 0.3 is 0 Å². The first kappa shape index (κ1) is 23.1. The third-order valence-electron chi connectivity index (χ3n) is 4.82. The number of pyridine rings is 1. The Hall–Kier alpha value is -3.21. The van der Waals surface area contributed by atoms with Crippen molar-refractivity contribution in [2.24, 2.45) is 0 Å². The molecule has 5 heteroatoms. The predicted octanol–water partition coefficient (Wildman–Crippen LogP) is 5.51. The largest absolute Gasteiger partial charge is 0.495 e. The zero-order valence-corrected chi connectivity index (χ0v) is 18.8. The van der Waals surface area contributed by atoms with Crippen LogP contribution in [-0.2, 0) is 11.2 Å². The summed E-state index contributed by atoms with van der Waals surface area (Å²) in [5.41, 5.74) is 4.67. The van der Waals surface area contributed by atoms with E-state index in [0.29, 0.717) is 24.3 Å². The van der Waals surface area contributed by atoms with Gasteiger partial charge in [-0.25, -0.2) is 0 Å². The first-order valence-corrected chi connectivity index (χ1v) is 10.1. The van der Waals surface area contributed by atoms with Gasteiger partial charge in [-0.2, -0.15) is 0 Å². The summed E-state index contributed by atoms with van der Waals surface area (Å²) in [7, 11) is 3.47. The van der Waals surface area contributed by atoms with E-state index in [-0.39, 0.29) is 5.56 Å². The van der Waals surface area contributed by atoms with Crippen LogP contribution in [0.4, 0.5) is 5.69 Å². The Morgan fingerprint density at radius 1 is 1.27 bits per heavy atom. The van der Waals surface area contributed by atoms with Crippen LogP contribution in [0, 0.1) is 0 Å². The SMILES string of the molecule is C=CC=C(OCC)C(C=C(C)Cc1c(=O)[nH]cc2cc(NC)c(OC)cc12)=C(C)C. The summed E-state index contributed by atoms with van der Waals surface area (Å²) in [6, 6.07) is 3.90. The number of benzene rings is 1. The monoisotopic (exact) mass is 408 g/mol. The first-order chi connectivity index (χ1) is 14.4. The molecule has 1 aromatic heterocycles. The average molecular weight is 409 g/mol. The fourth-order valence-electron chi connectivity index (χ4n) is 3.39. The van der Waals surface area contributed by atoms with Gasteiger partial charge in [-0.1, -0.05) is 29.9 Å². The number of nitrogens with one attached hydrogen (secondary N) is 2. The number of aromatic amines is 1. The fourth-order valence-corrected chi connectivity index (χ4v) is 3.39. The molecule has 2 aromatic rings. The van der Waals surface area contributed by atoms with E-state index in [1.165, 1.54) is 0 Å². The molecule has 160 valence electrons. The molecule has 0 aliphatic carbocycles. The van der Waals surface area contributed by atoms with Crippen molar-refractivity contribution in [3.05, 3.63) is 81.5 Å². The maximum Gasteiger partial charge on any atom is 0.252 e. The first-order valence-electron chi connectivity index (χ1n) is 10.1. The van der Waals surface area contributed by atoms with Gasteiger partial charge in [-0.3, -0.25) is 4.79 Å². The number of rotatable bonds is 9. The van der Waals surface area contributed by atoms with Crippen molar-refractivity contribution in [2.45, 2.75) is 34.1 Å². The number of methoxy groups -OCH3 is 1. The second kappa shape index (κ2) is 10.5. The Kier molecular flexibility index (Phi) is 8.10. The number of ether oxygens (including phenoxy) is 2. The molecule has 0 atom stereocenters. The lowest BCUT2D eigenvalue weighted by Crippen LogP contribution is -2.13. The molecule has 0 fully saturated rings. The molecule has 0 saturated heterocycles. The lowest BCUT2D eigenvalue weighted by Gasteiger charge is -2.14. The third kappa shape index (κ3) is 5.23. The Bertz CT molecular complexity index is 1070. The van der Waals surface area contributed by atoms with E-state index < -0.39 is 0 Å². The molecule has 0 bridgehead atoms. The van der Waals surface area contributed by atoms with Gasteiger partial charge in [0, 0.05) is 29.8 Å². The zero-order valence-electron chi connectivity index (χ0n) is 18.8. The van der Waals surface area contributed by atoms with Crippen LogP contribution in [-0.4, -0.2) is 25.7 Å². The van der Waals surface area contributed by atoms with Gasteiger partial charge in [-0.15, -0.1) is 0 Å². The lowest BCUT2D eigenvalue weighted by molar-refractivity contribution is 0.239. The van der Waals surface area contributed by atoms with Crippen molar-refractivity contribution in [3.8, 4) is 5.75 Å². The predicted molar refractivity (Wildman–Crippen MR) is 126 cm³/mol. The molecule has 0 saturated carbocycles. The minimum atomic E-state index is -0.0973. The smallest absolute Gasteiger partial charge is 0.252 e. The van der Waals surface area contributed by atoms with Crippen LogP contribution in [0.2, 0.25) is 0 Å². The highest BCUT2D eigenvalue weighted by Crippen LogP contribution is 2.31. The maximum absolute atomic E-state index is 12.7. The average Bonchev–Trinajstić information content (AvgIpc) is 2.72. The number of anilines is 1. The van der Waals surface area contributed by atoms with Gasteiger partial charge in [0.2, 0.25) is 0 Å². The van der Waals surface area contributed by atoms with Gasteiger partial charge < -0.3 is 19.8 Å². The van der Waals surface area contributed by atoms with Gasteiger partial charge in [0.1, 0.15) is 11.5 Å². The molecular weight excluding hydrogens is 376 g/mol. The zero-order chi connectivity index (χ0) is 22.3. The summed E-state index contributed by atoms with van der Waals surface area (Å²) in [6.45, 7) is 12.4. The second-order valence-electron chi connectivity index (χ2n) is 7.27. The van der Waals surface area contributed by atoms with E-state index in [4.69, 9.17) is 9.47 Å². The number of H-pyrrole nitrogens is 1. The molecule has 0 radical (unpaired) electrons. The van der Waals surface area contributed by atoms with E-state index in [2.05, 4.69) is 23.0 Å². The number of aromatic nitrogens is 1. The Morgan fingerprint density at radius 3 is 2.57 bits per heavy atom. The Balaban J connectivity index is 2.56. The van der Waals surface area contributed by atoms with Crippen molar-refractivity contribution >= 4 is 16.5 Å². The van der Waals surface area contributed by atoms with Crippen molar-refractivity contribution in [1.29, 1.82) is 0 Å². The number of allylic oxidation sites excluding steroid dienone is 5. The van der Waals surface area contributed by atoms with Crippen LogP contribution < -0.4 is 15.6 Å². The number of hydrogen-bond donors (Lipinski definition) is 2. The standard InChI is InChI=1S/C25H32N2O3/c1-8-10-23(30-9-2)19(16(3)4)11-17(5)12-21-20-14-24(29-7)22(26-6)13-18(20)15-27-25(21)28/h8,10-11,13-15,26H,1,9,12H2,2-7H3,(H,27,28). The van der Waals surface area contributed by atoms with Crippen LogP contribution in [0.15, 0.2) is 70.4 Å². The van der Waals surface area contributed by atoms with Crippen molar-refractivity contribution < 1.29 is 9.47 Å². The second-order valence-corrected chi connectivity index (χ2v) is 7.27. The molecule has 0 aliphatic heterocycles. The minimum Gasteiger partial charge on any atom is -0.495 e. The molecule has 2 N–H and O–H groups in total. The van der Waals surface area contributed by atoms with Crippen LogP contribution in [0.3, 0.4) is 0 Å². The van der Waals surface area contributed by atoms with E-state index in [1.807, 2.05) is 53.0 Å². The maximum atomic E-state index is 12.7. The Morgan fingerprint density at radius 2 is 2.00 bits per heavy atom. The number of hydrogen-bond acceptors (Lipinski definition) is 4. The summed E-state index contributed by atoms with van der Waals surface area (Å²) in [5, 5.41) is 4.96. The summed E-state index contributed by atoms with van der Waals surface area (Å²) < 4.78 is 11.3. The van der Waals surface area contributed by atoms with Gasteiger partial charge in [0.15, 0.2) is 0 Å². The molecule has 1 heterocycles. The van der Waals surface area contributed by atoms with E-state index in [9.17, 15) is 4.79 Å². The Labute approximate surface area is 178 Å². The van der Waals surface area contributed by atoms with Gasteiger partial charge in [-0.05, 0) is 57.7 Å². The number of fused-ring (bicyclic) bond motifs is 1. The molecule has 0 unspecified atom stereocenters. The van der Waals surface area contributed by atoms with Crippen LogP contribution >= 0.6 is 0 Å². The quantitative estimate of drug-likeness (QED) is 0.424. The van der Waals surface area contributed by atoms with Crippen LogP contribution in [0.5, 0.6) is 5.75 Å².